The Balaban J connectivity index is 1.82. The van der Waals surface area contributed by atoms with Gasteiger partial charge in [0.05, 0.1) is 19.0 Å². The number of nitrogens with one attached hydrogen (secondary N) is 2. The van der Waals surface area contributed by atoms with Crippen LogP contribution in [-0.4, -0.2) is 30.8 Å². The first kappa shape index (κ1) is 20.1. The molecule has 0 fully saturated rings. The highest BCUT2D eigenvalue weighted by molar-refractivity contribution is 7.99. The minimum atomic E-state index is -0.420. The Morgan fingerprint density at radius 1 is 1.19 bits per heavy atom. The summed E-state index contributed by atoms with van der Waals surface area (Å²) in [7, 11) is 1.51. The number of amides is 2. The van der Waals surface area contributed by atoms with E-state index in [-0.39, 0.29) is 17.8 Å². The van der Waals surface area contributed by atoms with Crippen LogP contribution in [0.15, 0.2) is 35.7 Å². The van der Waals surface area contributed by atoms with Crippen LogP contribution in [0.4, 0.5) is 0 Å². The van der Waals surface area contributed by atoms with E-state index in [1.54, 1.807) is 29.5 Å². The third kappa shape index (κ3) is 6.27. The molecule has 2 N–H and O–H groups in total. The molecule has 1 heterocycles. The lowest BCUT2D eigenvalue weighted by molar-refractivity contribution is -0.119. The van der Waals surface area contributed by atoms with Crippen molar-refractivity contribution in [3.8, 4) is 11.5 Å². The zero-order chi connectivity index (χ0) is 18.9. The van der Waals surface area contributed by atoms with Crippen LogP contribution in [0.5, 0.6) is 11.5 Å². The number of carbonyl (C=O) groups excluding carboxylic acids is 2. The van der Waals surface area contributed by atoms with Crippen molar-refractivity contribution in [3.63, 3.8) is 0 Å². The van der Waals surface area contributed by atoms with E-state index in [4.69, 9.17) is 9.47 Å². The number of methoxy groups -OCH3 is 1. The minimum absolute atomic E-state index is 0.00505. The van der Waals surface area contributed by atoms with Crippen LogP contribution < -0.4 is 20.3 Å². The summed E-state index contributed by atoms with van der Waals surface area (Å²) in [5.41, 5.74) is 5.19. The van der Waals surface area contributed by atoms with Crippen molar-refractivity contribution in [1.82, 2.24) is 10.9 Å². The van der Waals surface area contributed by atoms with Gasteiger partial charge < -0.3 is 9.47 Å². The molecule has 0 bridgehead atoms. The zero-order valence-corrected chi connectivity index (χ0v) is 16.5. The van der Waals surface area contributed by atoms with E-state index in [1.165, 1.54) is 23.7 Å². The number of hydrazine groups is 1. The van der Waals surface area contributed by atoms with Gasteiger partial charge in [0.15, 0.2) is 11.5 Å². The van der Waals surface area contributed by atoms with Gasteiger partial charge >= 0.3 is 0 Å². The maximum absolute atomic E-state index is 12.2. The summed E-state index contributed by atoms with van der Waals surface area (Å²) in [5, 5.41) is 2.00. The molecule has 2 rings (SSSR count). The van der Waals surface area contributed by atoms with Crippen LogP contribution >= 0.6 is 23.1 Å². The molecular formula is C18H22N2O4S2. The van der Waals surface area contributed by atoms with E-state index in [0.29, 0.717) is 17.1 Å². The largest absolute Gasteiger partial charge is 0.493 e. The first-order valence-corrected chi connectivity index (χ1v) is 10.1. The maximum atomic E-state index is 12.2. The summed E-state index contributed by atoms with van der Waals surface area (Å²) in [6, 6.07) is 8.87. The molecule has 2 aromatic rings. The van der Waals surface area contributed by atoms with E-state index in [2.05, 4.69) is 10.9 Å². The van der Waals surface area contributed by atoms with Crippen molar-refractivity contribution < 1.29 is 19.1 Å². The van der Waals surface area contributed by atoms with Crippen LogP contribution in [-0.2, 0) is 10.5 Å². The molecule has 0 aliphatic carbocycles. The normalized spacial score (nSPS) is 10.5. The average Bonchev–Trinajstić information content (AvgIpc) is 3.13. The van der Waals surface area contributed by atoms with E-state index in [9.17, 15) is 9.59 Å². The molecule has 0 saturated carbocycles. The van der Waals surface area contributed by atoms with Gasteiger partial charge in [-0.3, -0.25) is 20.4 Å². The van der Waals surface area contributed by atoms with Crippen molar-refractivity contribution in [2.75, 3.05) is 12.9 Å². The van der Waals surface area contributed by atoms with Crippen LogP contribution in [0, 0.1) is 0 Å². The van der Waals surface area contributed by atoms with Gasteiger partial charge in [-0.05, 0) is 43.5 Å². The van der Waals surface area contributed by atoms with Crippen molar-refractivity contribution in [2.24, 2.45) is 0 Å². The molecule has 1 aromatic carbocycles. The molecule has 0 aliphatic rings. The Morgan fingerprint density at radius 3 is 2.65 bits per heavy atom. The first-order valence-electron chi connectivity index (χ1n) is 8.03. The highest BCUT2D eigenvalue weighted by atomic mass is 32.2. The quantitative estimate of drug-likeness (QED) is 0.672. The Hall–Kier alpha value is -2.19. The second-order valence-corrected chi connectivity index (χ2v) is 7.62. The predicted octanol–water partition coefficient (Wildman–Crippen LogP) is 3.24. The average molecular weight is 395 g/mol. The lowest BCUT2D eigenvalue weighted by Gasteiger charge is -2.14. The first-order chi connectivity index (χ1) is 12.5. The number of thiophene rings is 1. The lowest BCUT2D eigenvalue weighted by atomic mass is 10.2. The highest BCUT2D eigenvalue weighted by Crippen LogP contribution is 2.28. The van der Waals surface area contributed by atoms with Gasteiger partial charge in [-0.2, -0.15) is 0 Å². The molecule has 0 aliphatic heterocycles. The van der Waals surface area contributed by atoms with Crippen molar-refractivity contribution in [1.29, 1.82) is 0 Å². The molecule has 0 radical (unpaired) electrons. The standard InChI is InChI=1S/C18H22N2O4S2/c1-12(2)24-15-7-6-13(9-16(15)23-3)18(22)20-19-17(21)11-25-10-14-5-4-8-26-14/h4-9,12H,10-11H2,1-3H3,(H,19,21)(H,20,22). The Kier molecular flexibility index (Phi) is 7.80. The number of benzene rings is 1. The molecule has 2 amide bonds. The molecule has 0 spiro atoms. The number of rotatable bonds is 8. The van der Waals surface area contributed by atoms with Crippen LogP contribution in [0.3, 0.4) is 0 Å². The molecule has 6 nitrogen and oxygen atoms in total. The van der Waals surface area contributed by atoms with Gasteiger partial charge in [-0.15, -0.1) is 23.1 Å². The Bertz CT molecular complexity index is 733. The fourth-order valence-electron chi connectivity index (χ4n) is 2.03. The second kappa shape index (κ2) is 10.1. The second-order valence-electron chi connectivity index (χ2n) is 5.61. The van der Waals surface area contributed by atoms with E-state index < -0.39 is 5.91 Å². The van der Waals surface area contributed by atoms with Gasteiger partial charge in [0, 0.05) is 16.2 Å². The lowest BCUT2D eigenvalue weighted by Crippen LogP contribution is -2.42. The van der Waals surface area contributed by atoms with Gasteiger partial charge in [-0.1, -0.05) is 6.07 Å². The predicted molar refractivity (Wildman–Crippen MR) is 105 cm³/mol. The summed E-state index contributed by atoms with van der Waals surface area (Å²) >= 11 is 3.14. The molecule has 140 valence electrons. The molecule has 0 saturated heterocycles. The van der Waals surface area contributed by atoms with Gasteiger partial charge in [0.2, 0.25) is 5.91 Å². The zero-order valence-electron chi connectivity index (χ0n) is 14.9. The summed E-state index contributed by atoms with van der Waals surface area (Å²) in [6.07, 6.45) is -0.00505. The third-order valence-electron chi connectivity index (χ3n) is 3.16. The SMILES string of the molecule is COc1cc(C(=O)NNC(=O)CSCc2cccs2)ccc1OC(C)C. The fraction of sp³-hybridized carbons (Fsp3) is 0.333. The third-order valence-corrected chi connectivity index (χ3v) is 5.20. The van der Waals surface area contributed by atoms with Crippen LogP contribution in [0.25, 0.3) is 0 Å². The van der Waals surface area contributed by atoms with Gasteiger partial charge in [0.25, 0.3) is 5.91 Å². The molecule has 1 aromatic heterocycles. The monoisotopic (exact) mass is 394 g/mol. The fourth-order valence-corrected chi connectivity index (χ4v) is 3.70. The summed E-state index contributed by atoms with van der Waals surface area (Å²) in [5.74, 6) is 1.39. The summed E-state index contributed by atoms with van der Waals surface area (Å²) < 4.78 is 10.9. The molecule has 0 unspecified atom stereocenters. The van der Waals surface area contributed by atoms with Crippen molar-refractivity contribution in [3.05, 3.63) is 46.2 Å². The van der Waals surface area contributed by atoms with Crippen molar-refractivity contribution >= 4 is 34.9 Å². The Morgan fingerprint density at radius 2 is 2.00 bits per heavy atom. The molecule has 26 heavy (non-hydrogen) atoms. The van der Waals surface area contributed by atoms with Crippen molar-refractivity contribution in [2.45, 2.75) is 25.7 Å². The van der Waals surface area contributed by atoms with E-state index in [0.717, 1.165) is 5.75 Å². The minimum Gasteiger partial charge on any atom is -0.493 e. The number of hydrogen-bond acceptors (Lipinski definition) is 6. The van der Waals surface area contributed by atoms with Gasteiger partial charge in [0.1, 0.15) is 0 Å². The van der Waals surface area contributed by atoms with Gasteiger partial charge in [-0.25, -0.2) is 0 Å². The molecular weight excluding hydrogens is 372 g/mol. The van der Waals surface area contributed by atoms with E-state index in [1.807, 2.05) is 31.4 Å². The number of ether oxygens (including phenoxy) is 2. The summed E-state index contributed by atoms with van der Waals surface area (Å²) in [4.78, 5) is 25.2. The van der Waals surface area contributed by atoms with Crippen LogP contribution in [0.2, 0.25) is 0 Å². The number of carbonyl (C=O) groups is 2. The summed E-state index contributed by atoms with van der Waals surface area (Å²) in [6.45, 7) is 3.82. The highest BCUT2D eigenvalue weighted by Gasteiger charge is 2.13. The topological polar surface area (TPSA) is 76.7 Å². The maximum Gasteiger partial charge on any atom is 0.269 e. The molecule has 0 atom stereocenters. The Labute approximate surface area is 161 Å². The number of hydrogen-bond donors (Lipinski definition) is 2. The van der Waals surface area contributed by atoms with Crippen LogP contribution in [0.1, 0.15) is 29.1 Å². The smallest absolute Gasteiger partial charge is 0.269 e. The number of thioether (sulfide) groups is 1. The molecule has 8 heteroatoms. The van der Waals surface area contributed by atoms with E-state index >= 15 is 0 Å².